The fraction of sp³-hybridized carbons (Fsp3) is 0.714. The first kappa shape index (κ1) is 10.3. The van der Waals surface area contributed by atoms with Gasteiger partial charge in [-0.3, -0.25) is 4.79 Å². The number of carboxylic acid groups (broad SMARTS) is 1. The SMILES string of the molecule is NCCC(=O)N1CSC[C@H]1C(=O)O. The van der Waals surface area contributed by atoms with Crippen LogP contribution in [-0.4, -0.2) is 46.1 Å². The average molecular weight is 204 g/mol. The van der Waals surface area contributed by atoms with Crippen molar-refractivity contribution in [3.05, 3.63) is 0 Å². The summed E-state index contributed by atoms with van der Waals surface area (Å²) in [5.74, 6) is -0.156. The smallest absolute Gasteiger partial charge is 0.327 e. The summed E-state index contributed by atoms with van der Waals surface area (Å²) in [5, 5.41) is 8.76. The van der Waals surface area contributed by atoms with E-state index >= 15 is 0 Å². The minimum Gasteiger partial charge on any atom is -0.480 e. The molecule has 1 aliphatic rings. The Morgan fingerprint density at radius 3 is 2.85 bits per heavy atom. The van der Waals surface area contributed by atoms with Gasteiger partial charge in [0.15, 0.2) is 0 Å². The van der Waals surface area contributed by atoms with Gasteiger partial charge in [0, 0.05) is 18.7 Å². The summed E-state index contributed by atoms with van der Waals surface area (Å²) >= 11 is 1.46. The quantitative estimate of drug-likeness (QED) is 0.636. The summed E-state index contributed by atoms with van der Waals surface area (Å²) in [6.45, 7) is 0.270. The molecule has 13 heavy (non-hydrogen) atoms. The lowest BCUT2D eigenvalue weighted by Crippen LogP contribution is -2.42. The number of nitrogens with two attached hydrogens (primary N) is 1. The van der Waals surface area contributed by atoms with E-state index in [-0.39, 0.29) is 18.9 Å². The second kappa shape index (κ2) is 4.48. The van der Waals surface area contributed by atoms with Gasteiger partial charge in [0.1, 0.15) is 6.04 Å². The molecule has 0 aromatic carbocycles. The normalized spacial score (nSPS) is 21.9. The Hall–Kier alpha value is -0.750. The molecule has 0 unspecified atom stereocenters. The summed E-state index contributed by atoms with van der Waals surface area (Å²) < 4.78 is 0. The molecule has 1 aliphatic heterocycles. The molecule has 6 heteroatoms. The Labute approximate surface area is 80.3 Å². The van der Waals surface area contributed by atoms with Gasteiger partial charge in [-0.2, -0.15) is 0 Å². The monoisotopic (exact) mass is 204 g/mol. The predicted molar refractivity (Wildman–Crippen MR) is 49.3 cm³/mol. The Morgan fingerprint density at radius 2 is 2.31 bits per heavy atom. The maximum absolute atomic E-state index is 11.3. The molecule has 0 radical (unpaired) electrons. The van der Waals surface area contributed by atoms with Crippen molar-refractivity contribution in [2.45, 2.75) is 12.5 Å². The molecule has 1 saturated heterocycles. The lowest BCUT2D eigenvalue weighted by Gasteiger charge is -2.19. The molecule has 1 atom stereocenters. The Kier molecular flexibility index (Phi) is 3.56. The molecule has 5 nitrogen and oxygen atoms in total. The molecule has 0 saturated carbocycles. The number of nitrogens with zero attached hydrogens (tertiary/aromatic N) is 1. The summed E-state index contributed by atoms with van der Waals surface area (Å²) in [6.07, 6.45) is 0.227. The summed E-state index contributed by atoms with van der Waals surface area (Å²) in [4.78, 5) is 23.4. The number of amides is 1. The number of rotatable bonds is 3. The number of hydrogen-bond donors (Lipinski definition) is 2. The summed E-state index contributed by atoms with van der Waals surface area (Å²) in [6, 6.07) is -0.663. The summed E-state index contributed by atoms with van der Waals surface area (Å²) in [5.41, 5.74) is 5.22. The zero-order valence-corrected chi connectivity index (χ0v) is 7.92. The van der Waals surface area contributed by atoms with E-state index in [4.69, 9.17) is 10.8 Å². The first-order chi connectivity index (χ1) is 6.16. The minimum atomic E-state index is -0.935. The van der Waals surface area contributed by atoms with E-state index in [1.807, 2.05) is 0 Å². The highest BCUT2D eigenvalue weighted by atomic mass is 32.2. The molecule has 1 heterocycles. The molecule has 1 rings (SSSR count). The maximum Gasteiger partial charge on any atom is 0.327 e. The number of hydrogen-bond acceptors (Lipinski definition) is 4. The molecule has 0 aliphatic carbocycles. The van der Waals surface area contributed by atoms with Gasteiger partial charge in [-0.1, -0.05) is 0 Å². The van der Waals surface area contributed by atoms with E-state index < -0.39 is 12.0 Å². The van der Waals surface area contributed by atoms with Crippen LogP contribution in [0.1, 0.15) is 6.42 Å². The molecular formula is C7H12N2O3S. The molecule has 1 amide bonds. The van der Waals surface area contributed by atoms with Crippen LogP contribution in [0.25, 0.3) is 0 Å². The average Bonchev–Trinajstić information content (AvgIpc) is 2.52. The molecule has 74 valence electrons. The van der Waals surface area contributed by atoms with Crippen molar-refractivity contribution in [2.24, 2.45) is 5.73 Å². The van der Waals surface area contributed by atoms with Gasteiger partial charge in [0.05, 0.1) is 5.88 Å². The van der Waals surface area contributed by atoms with Crippen molar-refractivity contribution in [3.8, 4) is 0 Å². The maximum atomic E-state index is 11.3. The van der Waals surface area contributed by atoms with Gasteiger partial charge < -0.3 is 15.7 Å². The second-order valence-electron chi connectivity index (χ2n) is 2.76. The van der Waals surface area contributed by atoms with Gasteiger partial charge in [0.2, 0.25) is 5.91 Å². The highest BCUT2D eigenvalue weighted by Gasteiger charge is 2.33. The van der Waals surface area contributed by atoms with Gasteiger partial charge >= 0.3 is 5.97 Å². The Morgan fingerprint density at radius 1 is 1.62 bits per heavy atom. The molecule has 3 N–H and O–H groups in total. The van der Waals surface area contributed by atoms with Crippen LogP contribution in [0.4, 0.5) is 0 Å². The Balaban J connectivity index is 2.57. The van der Waals surface area contributed by atoms with E-state index in [1.54, 1.807) is 0 Å². The number of aliphatic carboxylic acids is 1. The fourth-order valence-corrected chi connectivity index (χ4v) is 2.33. The second-order valence-corrected chi connectivity index (χ2v) is 3.76. The van der Waals surface area contributed by atoms with Crippen LogP contribution >= 0.6 is 11.8 Å². The number of carbonyl (C=O) groups excluding carboxylic acids is 1. The van der Waals surface area contributed by atoms with Crippen LogP contribution in [0.3, 0.4) is 0 Å². The zero-order chi connectivity index (χ0) is 9.84. The van der Waals surface area contributed by atoms with Crippen molar-refractivity contribution in [1.82, 2.24) is 4.90 Å². The van der Waals surface area contributed by atoms with Crippen LogP contribution in [0.5, 0.6) is 0 Å². The lowest BCUT2D eigenvalue weighted by molar-refractivity contribution is -0.147. The Bertz CT molecular complexity index is 222. The van der Waals surface area contributed by atoms with Crippen molar-refractivity contribution >= 4 is 23.6 Å². The third-order valence-corrected chi connectivity index (χ3v) is 2.86. The molecule has 1 fully saturated rings. The van der Waals surface area contributed by atoms with E-state index in [2.05, 4.69) is 0 Å². The largest absolute Gasteiger partial charge is 0.480 e. The van der Waals surface area contributed by atoms with Crippen LogP contribution in [0.2, 0.25) is 0 Å². The van der Waals surface area contributed by atoms with Crippen molar-refractivity contribution in [1.29, 1.82) is 0 Å². The van der Waals surface area contributed by atoms with Gasteiger partial charge in [-0.05, 0) is 0 Å². The molecule has 0 aromatic rings. The van der Waals surface area contributed by atoms with E-state index in [0.717, 1.165) is 0 Å². The molecular weight excluding hydrogens is 192 g/mol. The van der Waals surface area contributed by atoms with Crippen LogP contribution in [0.15, 0.2) is 0 Å². The fourth-order valence-electron chi connectivity index (χ4n) is 1.16. The highest BCUT2D eigenvalue weighted by molar-refractivity contribution is 7.99. The van der Waals surface area contributed by atoms with E-state index in [9.17, 15) is 9.59 Å². The van der Waals surface area contributed by atoms with Crippen molar-refractivity contribution in [3.63, 3.8) is 0 Å². The number of thioether (sulfide) groups is 1. The van der Waals surface area contributed by atoms with Gasteiger partial charge in [-0.25, -0.2) is 4.79 Å². The first-order valence-electron chi connectivity index (χ1n) is 3.97. The first-order valence-corrected chi connectivity index (χ1v) is 5.12. The van der Waals surface area contributed by atoms with E-state index in [1.165, 1.54) is 16.7 Å². The third-order valence-electron chi connectivity index (χ3n) is 1.85. The van der Waals surface area contributed by atoms with Crippen molar-refractivity contribution in [2.75, 3.05) is 18.2 Å². The lowest BCUT2D eigenvalue weighted by atomic mass is 10.2. The van der Waals surface area contributed by atoms with Crippen LogP contribution < -0.4 is 5.73 Å². The van der Waals surface area contributed by atoms with Gasteiger partial charge in [0.25, 0.3) is 0 Å². The standard InChI is InChI=1S/C7H12N2O3S/c8-2-1-6(10)9-4-13-3-5(9)7(11)12/h5H,1-4,8H2,(H,11,12)/t5-/m0/s1. The minimum absolute atomic E-state index is 0.167. The number of carbonyl (C=O) groups is 2. The van der Waals surface area contributed by atoms with Crippen molar-refractivity contribution < 1.29 is 14.7 Å². The number of carboxylic acids is 1. The summed E-state index contributed by atoms with van der Waals surface area (Å²) in [7, 11) is 0. The molecule has 0 bridgehead atoms. The molecule has 0 spiro atoms. The highest BCUT2D eigenvalue weighted by Crippen LogP contribution is 2.21. The molecule has 0 aromatic heterocycles. The van der Waals surface area contributed by atoms with Crippen LogP contribution in [0, 0.1) is 0 Å². The third kappa shape index (κ3) is 2.35. The van der Waals surface area contributed by atoms with Gasteiger partial charge in [-0.15, -0.1) is 11.8 Å². The predicted octanol–water partition coefficient (Wildman–Crippen LogP) is -0.679. The zero-order valence-electron chi connectivity index (χ0n) is 7.10. The van der Waals surface area contributed by atoms with E-state index in [0.29, 0.717) is 11.6 Å². The topological polar surface area (TPSA) is 83.6 Å². The van der Waals surface area contributed by atoms with Crippen LogP contribution in [-0.2, 0) is 9.59 Å².